The Morgan fingerprint density at radius 2 is 1.22 bits per heavy atom. The maximum absolute atomic E-state index is 14.5. The van der Waals surface area contributed by atoms with E-state index in [1.807, 2.05) is 102 Å². The number of aromatic nitrogens is 1. The number of fused-ring (bicyclic) bond motifs is 6. The number of amides is 2. The molecule has 6 aliphatic rings. The maximum Gasteiger partial charge on any atom is 0.436 e. The smallest absolute Gasteiger partial charge is 0.343 e. The summed E-state index contributed by atoms with van der Waals surface area (Å²) in [5.74, 6) is -1.08. The van der Waals surface area contributed by atoms with E-state index in [-0.39, 0.29) is 28.8 Å². The number of pyridine rings is 1. The van der Waals surface area contributed by atoms with Gasteiger partial charge in [0.05, 0.1) is 28.3 Å². The Labute approximate surface area is 382 Å². The summed E-state index contributed by atoms with van der Waals surface area (Å²) in [6, 6.07) is 22.8. The summed E-state index contributed by atoms with van der Waals surface area (Å²) in [5.41, 5.74) is 1.62. The average Bonchev–Trinajstić information content (AvgIpc) is 3.29. The summed E-state index contributed by atoms with van der Waals surface area (Å²) in [6.07, 6.45) is 4.62. The first-order valence-electron chi connectivity index (χ1n) is 23.1. The standard InChI is InChI=1S/C27H36N2O3S.C22H23F4N3O.C2H6/c1-5-17-33(31,32)23-11-9-22(10-12-23)25(27-15-13-21(14-16-27)18-29(27)4)28-26(30)24-19(2)7-6-8-20(24)3;1-29-13-14-7-10-21(29,11-8-14)18(15-5-3-2-4-6-15)28-20(30)16-9-12-27-19(17(16)23)22(24,25)26;1-2/h6-12,21,25H,5,13-18H2,1-4H3,(H,28,30);2-6,9,12,14,18H,7-8,10-11,13H2,1H3,(H,28,30);1-2H3. The fourth-order valence-electron chi connectivity index (χ4n) is 11.0. The summed E-state index contributed by atoms with van der Waals surface area (Å²) in [4.78, 5) is 34.7. The molecule has 4 saturated heterocycles. The molecule has 0 spiro atoms. The molecular formula is C51H65F4N5O4S. The largest absolute Gasteiger partial charge is 0.436 e. The fourth-order valence-corrected chi connectivity index (χ4v) is 12.3. The van der Waals surface area contributed by atoms with Crippen LogP contribution in [0.1, 0.15) is 139 Å². The molecule has 2 saturated carbocycles. The van der Waals surface area contributed by atoms with Gasteiger partial charge in [0.1, 0.15) is 0 Å². The van der Waals surface area contributed by atoms with Gasteiger partial charge in [-0.15, -0.1) is 0 Å². The minimum atomic E-state index is -4.97. The van der Waals surface area contributed by atoms with Crippen LogP contribution in [0.4, 0.5) is 17.6 Å². The van der Waals surface area contributed by atoms with Crippen molar-refractivity contribution in [2.45, 2.75) is 127 Å². The van der Waals surface area contributed by atoms with Crippen LogP contribution in [0, 0.1) is 31.5 Å². The monoisotopic (exact) mass is 919 g/mol. The quantitative estimate of drug-likeness (QED) is 0.144. The molecule has 3 aromatic carbocycles. The number of nitrogens with zero attached hydrogens (tertiary/aromatic N) is 3. The lowest BCUT2D eigenvalue weighted by molar-refractivity contribution is -0.143. The number of carbonyl (C=O) groups excluding carboxylic acids is 2. The SMILES string of the molecule is CC.CCCS(=O)(=O)c1ccc(C(NC(=O)c2c(C)cccc2C)C23CCC(CC2)CN3C)cc1.CN1CC2CCC1(C(NC(=O)c1ccnc(C(F)(F)F)c1F)c1ccccc1)CC2. The highest BCUT2D eigenvalue weighted by molar-refractivity contribution is 7.91. The molecule has 10 rings (SSSR count). The van der Waals surface area contributed by atoms with E-state index < -0.39 is 45.0 Å². The molecule has 2 amide bonds. The van der Waals surface area contributed by atoms with E-state index in [2.05, 4.69) is 32.5 Å². The number of hydrogen-bond donors (Lipinski definition) is 2. The Hall–Kier alpha value is -4.66. The summed E-state index contributed by atoms with van der Waals surface area (Å²) >= 11 is 0. The lowest BCUT2D eigenvalue weighted by atomic mass is 9.65. The third-order valence-corrected chi connectivity index (χ3v) is 16.4. The van der Waals surface area contributed by atoms with Crippen LogP contribution in [-0.4, -0.2) is 79.0 Å². The van der Waals surface area contributed by atoms with Crippen LogP contribution < -0.4 is 10.6 Å². The van der Waals surface area contributed by atoms with E-state index >= 15 is 0 Å². The van der Waals surface area contributed by atoms with Crippen molar-refractivity contribution in [2.24, 2.45) is 11.8 Å². The predicted molar refractivity (Wildman–Crippen MR) is 247 cm³/mol. The Morgan fingerprint density at radius 1 is 0.738 bits per heavy atom. The van der Waals surface area contributed by atoms with Gasteiger partial charge in [-0.05, 0) is 138 Å². The van der Waals surface area contributed by atoms with Gasteiger partial charge in [-0.2, -0.15) is 13.2 Å². The van der Waals surface area contributed by atoms with Crippen molar-refractivity contribution < 1.29 is 35.6 Å². The van der Waals surface area contributed by atoms with Crippen molar-refractivity contribution in [3.05, 3.63) is 130 Å². The Bertz CT molecular complexity index is 2360. The summed E-state index contributed by atoms with van der Waals surface area (Å²) in [7, 11) is 0.910. The van der Waals surface area contributed by atoms with Crippen molar-refractivity contribution in [1.82, 2.24) is 25.4 Å². The average molecular weight is 920 g/mol. The first-order chi connectivity index (χ1) is 30.9. The highest BCUT2D eigenvalue weighted by Gasteiger charge is 2.52. The molecule has 2 aliphatic carbocycles. The molecule has 4 aliphatic heterocycles. The summed E-state index contributed by atoms with van der Waals surface area (Å²) < 4.78 is 78.8. The third-order valence-electron chi connectivity index (χ3n) is 14.4. The zero-order valence-corrected chi connectivity index (χ0v) is 39.6. The third kappa shape index (κ3) is 10.3. The number of piperidine rings is 4. The minimum absolute atomic E-state index is 0.0613. The number of aryl methyl sites for hydroxylation is 2. The van der Waals surface area contributed by atoms with Crippen molar-refractivity contribution in [1.29, 1.82) is 0 Å². The van der Waals surface area contributed by atoms with Gasteiger partial charge in [0.2, 0.25) is 0 Å². The molecule has 352 valence electrons. The second-order valence-electron chi connectivity index (χ2n) is 18.3. The van der Waals surface area contributed by atoms with Crippen molar-refractivity contribution >= 4 is 21.7 Å². The number of sulfone groups is 1. The van der Waals surface area contributed by atoms with Gasteiger partial charge in [-0.25, -0.2) is 17.8 Å². The van der Waals surface area contributed by atoms with Gasteiger partial charge in [-0.3, -0.25) is 19.4 Å². The Morgan fingerprint density at radius 3 is 1.68 bits per heavy atom. The molecule has 0 radical (unpaired) electrons. The lowest BCUT2D eigenvalue weighted by Gasteiger charge is -2.57. The molecule has 2 atom stereocenters. The van der Waals surface area contributed by atoms with Crippen LogP contribution >= 0.6 is 0 Å². The van der Waals surface area contributed by atoms with Gasteiger partial charge in [0, 0.05) is 35.9 Å². The number of likely N-dealkylation sites (N-methyl/N-ethyl adjacent to an activating group) is 2. The molecule has 4 aromatic rings. The molecular weight excluding hydrogens is 855 g/mol. The van der Waals surface area contributed by atoms with Crippen molar-refractivity contribution in [3.63, 3.8) is 0 Å². The van der Waals surface area contributed by atoms with Gasteiger partial charge >= 0.3 is 6.18 Å². The van der Waals surface area contributed by atoms with Crippen LogP contribution in [0.15, 0.2) is 90.0 Å². The molecule has 9 nitrogen and oxygen atoms in total. The van der Waals surface area contributed by atoms with Gasteiger partial charge in [0.15, 0.2) is 21.3 Å². The molecule has 4 bridgehead atoms. The zero-order chi connectivity index (χ0) is 47.3. The minimum Gasteiger partial charge on any atom is -0.343 e. The molecule has 14 heteroatoms. The summed E-state index contributed by atoms with van der Waals surface area (Å²) in [5, 5.41) is 6.27. The predicted octanol–water partition coefficient (Wildman–Crippen LogP) is 10.4. The number of benzene rings is 3. The maximum atomic E-state index is 14.5. The van der Waals surface area contributed by atoms with Crippen LogP contribution in [0.3, 0.4) is 0 Å². The van der Waals surface area contributed by atoms with Crippen molar-refractivity contribution in [2.75, 3.05) is 32.9 Å². The van der Waals surface area contributed by atoms with Gasteiger partial charge in [0.25, 0.3) is 11.8 Å². The lowest BCUT2D eigenvalue weighted by Crippen LogP contribution is -2.62. The van der Waals surface area contributed by atoms with Crippen LogP contribution in [0.2, 0.25) is 0 Å². The number of alkyl halides is 3. The first kappa shape index (κ1) is 49.8. The number of halogens is 4. The first-order valence-corrected chi connectivity index (χ1v) is 24.7. The second-order valence-corrected chi connectivity index (χ2v) is 20.4. The van der Waals surface area contributed by atoms with E-state index in [9.17, 15) is 35.6 Å². The fraction of sp³-hybridized carbons (Fsp3) is 0.510. The number of rotatable bonds is 11. The Balaban J connectivity index is 0.000000208. The molecule has 6 fully saturated rings. The van der Waals surface area contributed by atoms with Crippen LogP contribution in [0.25, 0.3) is 0 Å². The number of hydrogen-bond acceptors (Lipinski definition) is 7. The number of nitrogens with one attached hydrogen (secondary N) is 2. The van der Waals surface area contributed by atoms with E-state index in [1.165, 1.54) is 12.8 Å². The molecule has 2 unspecified atom stereocenters. The van der Waals surface area contributed by atoms with E-state index in [4.69, 9.17) is 0 Å². The molecule has 5 heterocycles. The molecule has 2 N–H and O–H groups in total. The van der Waals surface area contributed by atoms with Gasteiger partial charge < -0.3 is 10.6 Å². The van der Waals surface area contributed by atoms with Crippen LogP contribution in [0.5, 0.6) is 0 Å². The number of carbonyl (C=O) groups is 2. The normalized spacial score (nSPS) is 23.9. The van der Waals surface area contributed by atoms with E-state index in [0.29, 0.717) is 17.2 Å². The highest BCUT2D eigenvalue weighted by atomic mass is 32.2. The van der Waals surface area contributed by atoms with E-state index in [0.717, 1.165) is 97.6 Å². The van der Waals surface area contributed by atoms with Gasteiger partial charge in [-0.1, -0.05) is 81.4 Å². The molecule has 65 heavy (non-hydrogen) atoms. The second kappa shape index (κ2) is 20.5. The summed E-state index contributed by atoms with van der Waals surface area (Å²) in [6.45, 7) is 11.8. The molecule has 1 aromatic heterocycles. The van der Waals surface area contributed by atoms with Crippen molar-refractivity contribution in [3.8, 4) is 0 Å². The highest BCUT2D eigenvalue weighted by Crippen LogP contribution is 2.50. The topological polar surface area (TPSA) is 112 Å². The zero-order valence-electron chi connectivity index (χ0n) is 38.8. The van der Waals surface area contributed by atoms with E-state index in [1.54, 1.807) is 12.1 Å². The Kier molecular flexibility index (Phi) is 15.7. The van der Waals surface area contributed by atoms with Crippen LogP contribution in [-0.2, 0) is 16.0 Å².